The van der Waals surface area contributed by atoms with Gasteiger partial charge in [0.1, 0.15) is 17.2 Å². The summed E-state index contributed by atoms with van der Waals surface area (Å²) >= 11 is 1.37. The second-order valence-corrected chi connectivity index (χ2v) is 6.38. The fourth-order valence-electron chi connectivity index (χ4n) is 2.81. The first-order chi connectivity index (χ1) is 11.7. The number of furan rings is 1. The van der Waals surface area contributed by atoms with Crippen molar-refractivity contribution < 1.29 is 14.3 Å². The van der Waals surface area contributed by atoms with Crippen LogP contribution in [0.3, 0.4) is 0 Å². The van der Waals surface area contributed by atoms with E-state index in [0.717, 1.165) is 0 Å². The topological polar surface area (TPSA) is 66.0 Å². The Balaban J connectivity index is 1.75. The lowest BCUT2D eigenvalue weighted by atomic mass is 10.00. The Labute approximate surface area is 142 Å². The molecule has 0 bridgehead atoms. The highest BCUT2D eigenvalue weighted by Gasteiger charge is 2.36. The zero-order chi connectivity index (χ0) is 16.5. The maximum atomic E-state index is 12.8. The molecule has 5 nitrogen and oxygen atoms in total. The normalized spacial score (nSPS) is 17.1. The van der Waals surface area contributed by atoms with Gasteiger partial charge in [-0.25, -0.2) is 5.01 Å². The summed E-state index contributed by atoms with van der Waals surface area (Å²) in [5.74, 6) is 0.610. The van der Waals surface area contributed by atoms with Gasteiger partial charge in [-0.05, 0) is 29.6 Å². The van der Waals surface area contributed by atoms with Crippen LogP contribution in [0.5, 0.6) is 5.75 Å². The van der Waals surface area contributed by atoms with E-state index >= 15 is 0 Å². The van der Waals surface area contributed by atoms with Crippen LogP contribution in [0.15, 0.2) is 69.7 Å². The fourth-order valence-corrected chi connectivity index (χ4v) is 3.47. The van der Waals surface area contributed by atoms with E-state index in [1.807, 2.05) is 29.6 Å². The smallest absolute Gasteiger partial charge is 0.284 e. The Morgan fingerprint density at radius 2 is 2.08 bits per heavy atom. The number of phenolic OH excluding ortho intramolecular Hbond substituents is 1. The molecule has 0 unspecified atom stereocenters. The SMILES string of the molecule is O=C(c1cccs1)N1N=C(c2ccco2)C[C@@H]1c1ccccc1O. The molecule has 6 heteroatoms. The number of phenols is 1. The third-order valence-electron chi connectivity index (χ3n) is 3.95. The predicted molar refractivity (Wildman–Crippen MR) is 91.2 cm³/mol. The number of aromatic hydroxyl groups is 1. The maximum absolute atomic E-state index is 12.8. The molecule has 3 heterocycles. The average Bonchev–Trinajstić information content (AvgIpc) is 3.34. The van der Waals surface area contributed by atoms with Gasteiger partial charge in [0.25, 0.3) is 5.91 Å². The highest BCUT2D eigenvalue weighted by Crippen LogP contribution is 2.38. The summed E-state index contributed by atoms with van der Waals surface area (Å²) in [5, 5.41) is 18.0. The van der Waals surface area contributed by atoms with Crippen molar-refractivity contribution in [1.29, 1.82) is 0 Å². The van der Waals surface area contributed by atoms with Gasteiger partial charge >= 0.3 is 0 Å². The van der Waals surface area contributed by atoms with Crippen LogP contribution < -0.4 is 0 Å². The van der Waals surface area contributed by atoms with Gasteiger partial charge < -0.3 is 9.52 Å². The quantitative estimate of drug-likeness (QED) is 0.784. The summed E-state index contributed by atoms with van der Waals surface area (Å²) in [7, 11) is 0. The lowest BCUT2D eigenvalue weighted by molar-refractivity contribution is 0.0714. The van der Waals surface area contributed by atoms with Gasteiger partial charge in [0.15, 0.2) is 0 Å². The molecule has 0 radical (unpaired) electrons. The number of hydrogen-bond acceptors (Lipinski definition) is 5. The van der Waals surface area contributed by atoms with E-state index in [2.05, 4.69) is 5.10 Å². The average molecular weight is 338 g/mol. The molecule has 0 aliphatic carbocycles. The van der Waals surface area contributed by atoms with Gasteiger partial charge in [0.2, 0.25) is 0 Å². The molecule has 2 aromatic heterocycles. The second-order valence-electron chi connectivity index (χ2n) is 5.43. The van der Waals surface area contributed by atoms with E-state index in [0.29, 0.717) is 28.3 Å². The summed E-state index contributed by atoms with van der Waals surface area (Å²) in [6.45, 7) is 0. The Kier molecular flexibility index (Phi) is 3.66. The maximum Gasteiger partial charge on any atom is 0.284 e. The number of benzene rings is 1. The van der Waals surface area contributed by atoms with E-state index in [-0.39, 0.29) is 17.7 Å². The van der Waals surface area contributed by atoms with E-state index in [1.165, 1.54) is 16.3 Å². The summed E-state index contributed by atoms with van der Waals surface area (Å²) < 4.78 is 5.42. The molecule has 0 saturated heterocycles. The standard InChI is InChI=1S/C18H14N2O3S/c21-15-6-2-1-5-12(15)14-11-13(16-7-3-9-23-16)19-20(14)18(22)17-8-4-10-24-17/h1-10,14,21H,11H2/t14-/m1/s1. The van der Waals surface area contributed by atoms with Crippen LogP contribution >= 0.6 is 11.3 Å². The Morgan fingerprint density at radius 1 is 1.21 bits per heavy atom. The van der Waals surface area contributed by atoms with Crippen LogP contribution in [0.25, 0.3) is 0 Å². The molecule has 120 valence electrons. The number of rotatable bonds is 3. The van der Waals surface area contributed by atoms with E-state index in [1.54, 1.807) is 30.5 Å². The number of thiophene rings is 1. The molecular formula is C18H14N2O3S. The molecule has 1 aromatic carbocycles. The van der Waals surface area contributed by atoms with Crippen LogP contribution in [0.1, 0.15) is 33.5 Å². The van der Waals surface area contributed by atoms with Gasteiger partial charge in [0, 0.05) is 12.0 Å². The number of hydrazone groups is 1. The summed E-state index contributed by atoms with van der Waals surface area (Å²) in [6, 6.07) is 13.9. The molecule has 0 spiro atoms. The number of para-hydroxylation sites is 1. The number of nitrogens with zero attached hydrogens (tertiary/aromatic N) is 2. The highest BCUT2D eigenvalue weighted by atomic mass is 32.1. The molecule has 1 atom stereocenters. The number of carbonyl (C=O) groups is 1. The molecular weight excluding hydrogens is 324 g/mol. The minimum absolute atomic E-state index is 0.155. The van der Waals surface area contributed by atoms with Crippen LogP contribution in [0.4, 0.5) is 0 Å². The third-order valence-corrected chi connectivity index (χ3v) is 4.81. The first-order valence-corrected chi connectivity index (χ1v) is 8.38. The highest BCUT2D eigenvalue weighted by molar-refractivity contribution is 7.12. The van der Waals surface area contributed by atoms with Gasteiger partial charge in [-0.3, -0.25) is 4.79 Å². The third kappa shape index (κ3) is 2.51. The molecule has 1 aliphatic heterocycles. The molecule has 1 N–H and O–H groups in total. The number of carbonyl (C=O) groups excluding carboxylic acids is 1. The lowest BCUT2D eigenvalue weighted by Crippen LogP contribution is -2.26. The van der Waals surface area contributed by atoms with Crippen molar-refractivity contribution in [2.75, 3.05) is 0 Å². The zero-order valence-electron chi connectivity index (χ0n) is 12.6. The van der Waals surface area contributed by atoms with E-state index in [9.17, 15) is 9.90 Å². The lowest BCUT2D eigenvalue weighted by Gasteiger charge is -2.22. The van der Waals surface area contributed by atoms with Crippen molar-refractivity contribution in [3.8, 4) is 5.75 Å². The number of hydrogen-bond donors (Lipinski definition) is 1. The van der Waals surface area contributed by atoms with Crippen molar-refractivity contribution in [3.63, 3.8) is 0 Å². The molecule has 4 rings (SSSR count). The van der Waals surface area contributed by atoms with Crippen LogP contribution in [0.2, 0.25) is 0 Å². The largest absolute Gasteiger partial charge is 0.508 e. The van der Waals surface area contributed by atoms with Gasteiger partial charge in [-0.1, -0.05) is 24.3 Å². The molecule has 1 amide bonds. The van der Waals surface area contributed by atoms with Gasteiger partial charge in [-0.15, -0.1) is 11.3 Å². The first-order valence-electron chi connectivity index (χ1n) is 7.50. The van der Waals surface area contributed by atoms with E-state index in [4.69, 9.17) is 4.42 Å². The van der Waals surface area contributed by atoms with Crippen LogP contribution in [0, 0.1) is 0 Å². The molecule has 0 saturated carbocycles. The van der Waals surface area contributed by atoms with Crippen molar-refractivity contribution >= 4 is 23.0 Å². The van der Waals surface area contributed by atoms with Crippen LogP contribution in [-0.4, -0.2) is 21.7 Å². The van der Waals surface area contributed by atoms with Crippen molar-refractivity contribution in [2.24, 2.45) is 5.10 Å². The van der Waals surface area contributed by atoms with E-state index < -0.39 is 0 Å². The van der Waals surface area contributed by atoms with Gasteiger partial charge in [0.05, 0.1) is 17.2 Å². The molecule has 0 fully saturated rings. The predicted octanol–water partition coefficient (Wildman–Crippen LogP) is 4.04. The van der Waals surface area contributed by atoms with Crippen molar-refractivity contribution in [2.45, 2.75) is 12.5 Å². The number of amides is 1. The molecule has 1 aliphatic rings. The fraction of sp³-hybridized carbons (Fsp3) is 0.111. The Morgan fingerprint density at radius 3 is 2.79 bits per heavy atom. The van der Waals surface area contributed by atoms with Gasteiger partial charge in [-0.2, -0.15) is 5.10 Å². The monoisotopic (exact) mass is 338 g/mol. The van der Waals surface area contributed by atoms with Crippen LogP contribution in [-0.2, 0) is 0 Å². The Hall–Kier alpha value is -2.86. The molecule has 3 aromatic rings. The minimum atomic E-state index is -0.360. The van der Waals surface area contributed by atoms with Crippen molar-refractivity contribution in [3.05, 3.63) is 76.4 Å². The van der Waals surface area contributed by atoms with Crippen molar-refractivity contribution in [1.82, 2.24) is 5.01 Å². The first kappa shape index (κ1) is 14.7. The Bertz CT molecular complexity index is 885. The summed E-state index contributed by atoms with van der Waals surface area (Å²) in [4.78, 5) is 13.4. The summed E-state index contributed by atoms with van der Waals surface area (Å²) in [5.41, 5.74) is 1.37. The zero-order valence-corrected chi connectivity index (χ0v) is 13.4. The second kappa shape index (κ2) is 5.98. The summed E-state index contributed by atoms with van der Waals surface area (Å²) in [6.07, 6.45) is 2.07. The minimum Gasteiger partial charge on any atom is -0.508 e. The molecule has 24 heavy (non-hydrogen) atoms.